The molecule has 88 valence electrons. The summed E-state index contributed by atoms with van der Waals surface area (Å²) < 4.78 is 1.43. The van der Waals surface area contributed by atoms with Crippen LogP contribution in [0.2, 0.25) is 0 Å². The number of carbonyl (C=O) groups excluding carboxylic acids is 1. The number of benzene rings is 1. The Labute approximate surface area is 102 Å². The highest BCUT2D eigenvalue weighted by Gasteiger charge is 2.05. The Morgan fingerprint density at radius 3 is 3.00 bits per heavy atom. The Bertz CT molecular complexity index is 786. The van der Waals surface area contributed by atoms with Gasteiger partial charge in [-0.3, -0.25) is 14.2 Å². The van der Waals surface area contributed by atoms with E-state index in [4.69, 9.17) is 0 Å². The molecule has 5 nitrogen and oxygen atoms in total. The van der Waals surface area contributed by atoms with Crippen LogP contribution in [0.3, 0.4) is 0 Å². The highest BCUT2D eigenvalue weighted by Crippen LogP contribution is 2.13. The number of hydrogen-bond acceptors (Lipinski definition) is 3. The number of aromatic amines is 1. The van der Waals surface area contributed by atoms with Crippen LogP contribution >= 0.6 is 0 Å². The first kappa shape index (κ1) is 10.5. The van der Waals surface area contributed by atoms with E-state index in [9.17, 15) is 9.59 Å². The van der Waals surface area contributed by atoms with E-state index in [0.717, 1.165) is 11.0 Å². The zero-order chi connectivity index (χ0) is 12.5. The van der Waals surface area contributed by atoms with Gasteiger partial charge in [0.2, 0.25) is 0 Å². The first-order valence-electron chi connectivity index (χ1n) is 5.40. The standard InChI is InChI=1S/C13H9N3O2/c17-7-9-2-1-5-16(13(9)18)10-3-4-11-12(6-10)15-8-14-11/h1-8H,(H,14,15). The molecule has 0 bridgehead atoms. The molecule has 0 amide bonds. The van der Waals surface area contributed by atoms with Crippen LogP contribution in [0.1, 0.15) is 10.4 Å². The molecule has 0 saturated heterocycles. The highest BCUT2D eigenvalue weighted by molar-refractivity contribution is 5.77. The lowest BCUT2D eigenvalue weighted by Gasteiger charge is -2.05. The third-order valence-electron chi connectivity index (χ3n) is 2.79. The maximum absolute atomic E-state index is 12.0. The van der Waals surface area contributed by atoms with Crippen LogP contribution in [0.4, 0.5) is 0 Å². The minimum atomic E-state index is -0.327. The van der Waals surface area contributed by atoms with E-state index in [-0.39, 0.29) is 11.1 Å². The van der Waals surface area contributed by atoms with E-state index in [2.05, 4.69) is 9.97 Å². The zero-order valence-corrected chi connectivity index (χ0v) is 9.33. The van der Waals surface area contributed by atoms with Crippen molar-refractivity contribution in [3.8, 4) is 5.69 Å². The monoisotopic (exact) mass is 239 g/mol. The van der Waals surface area contributed by atoms with Crippen LogP contribution < -0.4 is 5.56 Å². The lowest BCUT2D eigenvalue weighted by Crippen LogP contribution is -2.20. The molecule has 0 saturated carbocycles. The van der Waals surface area contributed by atoms with Gasteiger partial charge in [-0.2, -0.15) is 0 Å². The lowest BCUT2D eigenvalue weighted by atomic mass is 10.2. The highest BCUT2D eigenvalue weighted by atomic mass is 16.1. The van der Waals surface area contributed by atoms with E-state index in [1.165, 1.54) is 10.6 Å². The van der Waals surface area contributed by atoms with Crippen LogP contribution in [0.15, 0.2) is 47.7 Å². The Morgan fingerprint density at radius 2 is 2.17 bits per heavy atom. The van der Waals surface area contributed by atoms with Crippen LogP contribution in [0.25, 0.3) is 16.7 Å². The number of fused-ring (bicyclic) bond motifs is 1. The van der Waals surface area contributed by atoms with Gasteiger partial charge in [0, 0.05) is 6.20 Å². The Hall–Kier alpha value is -2.69. The molecule has 2 heterocycles. The third-order valence-corrected chi connectivity index (χ3v) is 2.79. The summed E-state index contributed by atoms with van der Waals surface area (Å²) in [5, 5.41) is 0. The van der Waals surface area contributed by atoms with Crippen molar-refractivity contribution in [2.45, 2.75) is 0 Å². The SMILES string of the molecule is O=Cc1cccn(-c2ccc3nc[nH]c3c2)c1=O. The van der Waals surface area contributed by atoms with Gasteiger partial charge in [-0.05, 0) is 30.3 Å². The van der Waals surface area contributed by atoms with Crippen molar-refractivity contribution in [1.82, 2.24) is 14.5 Å². The summed E-state index contributed by atoms with van der Waals surface area (Å²) in [4.78, 5) is 29.8. The number of nitrogens with zero attached hydrogens (tertiary/aromatic N) is 2. The van der Waals surface area contributed by atoms with Gasteiger partial charge >= 0.3 is 0 Å². The zero-order valence-electron chi connectivity index (χ0n) is 9.33. The molecule has 3 rings (SSSR count). The van der Waals surface area contributed by atoms with Crippen LogP contribution in [0.5, 0.6) is 0 Å². The second-order valence-electron chi connectivity index (χ2n) is 3.86. The minimum Gasteiger partial charge on any atom is -0.345 e. The molecule has 3 aromatic rings. The molecule has 1 aromatic carbocycles. The molecule has 0 aliphatic rings. The van der Waals surface area contributed by atoms with Crippen LogP contribution in [0, 0.1) is 0 Å². The molecule has 5 heteroatoms. The molecule has 1 N–H and O–H groups in total. The van der Waals surface area contributed by atoms with Crippen molar-refractivity contribution in [1.29, 1.82) is 0 Å². The largest absolute Gasteiger partial charge is 0.345 e. The number of pyridine rings is 1. The van der Waals surface area contributed by atoms with Gasteiger partial charge in [-0.1, -0.05) is 0 Å². The van der Waals surface area contributed by atoms with Crippen molar-refractivity contribution in [3.63, 3.8) is 0 Å². The number of aldehydes is 1. The quantitative estimate of drug-likeness (QED) is 0.689. The second-order valence-corrected chi connectivity index (χ2v) is 3.86. The fourth-order valence-corrected chi connectivity index (χ4v) is 1.88. The van der Waals surface area contributed by atoms with Crippen molar-refractivity contribution >= 4 is 17.3 Å². The number of aromatic nitrogens is 3. The van der Waals surface area contributed by atoms with Gasteiger partial charge in [0.15, 0.2) is 6.29 Å². The van der Waals surface area contributed by atoms with E-state index in [1.807, 2.05) is 12.1 Å². The Kier molecular flexibility index (Phi) is 2.30. The fraction of sp³-hybridized carbons (Fsp3) is 0. The molecule has 18 heavy (non-hydrogen) atoms. The molecule has 0 aliphatic heterocycles. The molecule has 0 radical (unpaired) electrons. The number of hydrogen-bond donors (Lipinski definition) is 1. The lowest BCUT2D eigenvalue weighted by molar-refractivity contribution is 0.112. The maximum atomic E-state index is 12.0. The van der Waals surface area contributed by atoms with E-state index < -0.39 is 0 Å². The Balaban J connectivity index is 2.25. The molecule has 0 spiro atoms. The third kappa shape index (κ3) is 1.53. The number of carbonyl (C=O) groups is 1. The predicted molar refractivity (Wildman–Crippen MR) is 67.1 cm³/mol. The van der Waals surface area contributed by atoms with Crippen molar-refractivity contribution < 1.29 is 4.79 Å². The van der Waals surface area contributed by atoms with Crippen LogP contribution in [-0.2, 0) is 0 Å². The average molecular weight is 239 g/mol. The molecule has 0 atom stereocenters. The summed E-state index contributed by atoms with van der Waals surface area (Å²) in [5.41, 5.74) is 2.18. The van der Waals surface area contributed by atoms with E-state index in [0.29, 0.717) is 12.0 Å². The summed E-state index contributed by atoms with van der Waals surface area (Å²) in [5.74, 6) is 0. The van der Waals surface area contributed by atoms with Gasteiger partial charge in [0.25, 0.3) is 5.56 Å². The second kappa shape index (κ2) is 3.96. The van der Waals surface area contributed by atoms with Gasteiger partial charge in [0.1, 0.15) is 0 Å². The topological polar surface area (TPSA) is 67.8 Å². The predicted octanol–water partition coefficient (Wildman–Crippen LogP) is 1.53. The van der Waals surface area contributed by atoms with Crippen molar-refractivity contribution in [2.75, 3.05) is 0 Å². The first-order valence-corrected chi connectivity index (χ1v) is 5.40. The van der Waals surface area contributed by atoms with Crippen molar-refractivity contribution in [2.24, 2.45) is 0 Å². The summed E-state index contributed by atoms with van der Waals surface area (Å²) in [6.07, 6.45) is 3.79. The number of nitrogens with one attached hydrogen (secondary N) is 1. The summed E-state index contributed by atoms with van der Waals surface area (Å²) in [6.45, 7) is 0. The summed E-state index contributed by atoms with van der Waals surface area (Å²) in [7, 11) is 0. The number of H-pyrrole nitrogens is 1. The minimum absolute atomic E-state index is 0.141. The maximum Gasteiger partial charge on any atom is 0.265 e. The molecule has 0 unspecified atom stereocenters. The van der Waals surface area contributed by atoms with E-state index >= 15 is 0 Å². The number of rotatable bonds is 2. The first-order chi connectivity index (χ1) is 8.79. The molecule has 0 fully saturated rings. The van der Waals surface area contributed by atoms with Gasteiger partial charge < -0.3 is 4.98 Å². The van der Waals surface area contributed by atoms with Gasteiger partial charge in [0.05, 0.1) is 28.6 Å². The Morgan fingerprint density at radius 1 is 1.28 bits per heavy atom. The van der Waals surface area contributed by atoms with Gasteiger partial charge in [-0.15, -0.1) is 0 Å². The van der Waals surface area contributed by atoms with Crippen LogP contribution in [-0.4, -0.2) is 20.8 Å². The number of imidazole rings is 1. The normalized spacial score (nSPS) is 10.7. The smallest absolute Gasteiger partial charge is 0.265 e. The molecular weight excluding hydrogens is 230 g/mol. The summed E-state index contributed by atoms with van der Waals surface area (Å²) in [6, 6.07) is 8.60. The van der Waals surface area contributed by atoms with E-state index in [1.54, 1.807) is 24.7 Å². The average Bonchev–Trinajstić information content (AvgIpc) is 2.86. The fourth-order valence-electron chi connectivity index (χ4n) is 1.88. The van der Waals surface area contributed by atoms with Crippen molar-refractivity contribution in [3.05, 3.63) is 58.8 Å². The molecule has 0 aliphatic carbocycles. The van der Waals surface area contributed by atoms with Gasteiger partial charge in [-0.25, -0.2) is 4.98 Å². The molecular formula is C13H9N3O2. The summed E-state index contributed by atoms with van der Waals surface area (Å²) >= 11 is 0. The molecule has 2 aromatic heterocycles.